The van der Waals surface area contributed by atoms with Gasteiger partial charge in [0.05, 0.1) is 0 Å². The normalized spacial score (nSPS) is 31.7. The van der Waals surface area contributed by atoms with Crippen molar-refractivity contribution in [1.29, 1.82) is 0 Å². The molecule has 2 nitrogen and oxygen atoms in total. The van der Waals surface area contributed by atoms with Gasteiger partial charge in [0.15, 0.2) is 0 Å². The van der Waals surface area contributed by atoms with E-state index in [9.17, 15) is 4.79 Å². The molecule has 2 aliphatic rings. The number of carbonyl (C=O) groups is 1. The van der Waals surface area contributed by atoms with Crippen molar-refractivity contribution in [2.24, 2.45) is 5.92 Å². The van der Waals surface area contributed by atoms with Gasteiger partial charge in [0.1, 0.15) is 0 Å². The van der Waals surface area contributed by atoms with Crippen molar-refractivity contribution in [2.75, 3.05) is 6.54 Å². The fraction of sp³-hybridized carbons (Fsp3) is 0.769. The predicted molar refractivity (Wildman–Crippen MR) is 61.5 cm³/mol. The van der Waals surface area contributed by atoms with E-state index < -0.39 is 0 Å². The summed E-state index contributed by atoms with van der Waals surface area (Å²) in [5, 5.41) is 0. The Kier molecular flexibility index (Phi) is 3.45. The maximum Gasteiger partial charge on any atom is 0.226 e. The second kappa shape index (κ2) is 4.82. The second-order valence-electron chi connectivity index (χ2n) is 4.86. The Morgan fingerprint density at radius 3 is 2.80 bits per heavy atom. The van der Waals surface area contributed by atoms with Gasteiger partial charge in [-0.2, -0.15) is 0 Å². The van der Waals surface area contributed by atoms with Crippen LogP contribution >= 0.6 is 0 Å². The van der Waals surface area contributed by atoms with Crippen LogP contribution in [0.2, 0.25) is 0 Å². The molecule has 15 heavy (non-hydrogen) atoms. The highest BCUT2D eigenvalue weighted by Gasteiger charge is 2.28. The number of nitrogens with zero attached hydrogens (tertiary/aromatic N) is 1. The molecule has 1 fully saturated rings. The number of amides is 1. The van der Waals surface area contributed by atoms with Crippen LogP contribution in [0.25, 0.3) is 0 Å². The minimum atomic E-state index is 0.274. The Balaban J connectivity index is 1.96. The topological polar surface area (TPSA) is 20.3 Å². The highest BCUT2D eigenvalue weighted by Crippen LogP contribution is 2.25. The number of likely N-dealkylation sites (tertiary alicyclic amines) is 1. The average Bonchev–Trinajstić information content (AvgIpc) is 2.30. The summed E-state index contributed by atoms with van der Waals surface area (Å²) in [6.07, 6.45) is 11.1. The number of hydrogen-bond donors (Lipinski definition) is 0. The van der Waals surface area contributed by atoms with Gasteiger partial charge in [0.2, 0.25) is 5.91 Å². The zero-order valence-corrected chi connectivity index (χ0v) is 9.61. The van der Waals surface area contributed by atoms with E-state index in [0.29, 0.717) is 11.9 Å². The molecule has 1 aliphatic carbocycles. The van der Waals surface area contributed by atoms with Crippen LogP contribution in [0.5, 0.6) is 0 Å². The number of rotatable bonds is 1. The number of carbonyl (C=O) groups excluding carboxylic acids is 1. The fourth-order valence-corrected chi connectivity index (χ4v) is 2.68. The summed E-state index contributed by atoms with van der Waals surface area (Å²) < 4.78 is 0. The van der Waals surface area contributed by atoms with Gasteiger partial charge in [-0.1, -0.05) is 12.2 Å². The maximum atomic E-state index is 12.3. The van der Waals surface area contributed by atoms with E-state index in [1.54, 1.807) is 0 Å². The van der Waals surface area contributed by atoms with Crippen molar-refractivity contribution in [1.82, 2.24) is 4.90 Å². The van der Waals surface area contributed by atoms with E-state index in [1.807, 2.05) is 0 Å². The monoisotopic (exact) mass is 207 g/mol. The lowest BCUT2D eigenvalue weighted by Gasteiger charge is -2.36. The van der Waals surface area contributed by atoms with E-state index >= 15 is 0 Å². The van der Waals surface area contributed by atoms with Gasteiger partial charge in [0, 0.05) is 18.5 Å². The van der Waals surface area contributed by atoms with Crippen molar-refractivity contribution < 1.29 is 4.79 Å². The molecule has 0 N–H and O–H groups in total. The molecule has 0 aromatic heterocycles. The van der Waals surface area contributed by atoms with E-state index in [1.165, 1.54) is 19.3 Å². The third kappa shape index (κ3) is 2.42. The molecule has 2 heteroatoms. The molecule has 0 spiro atoms. The molecular formula is C13H21NO. The molecule has 1 amide bonds. The molecule has 1 heterocycles. The lowest BCUT2D eigenvalue weighted by Crippen LogP contribution is -2.45. The van der Waals surface area contributed by atoms with E-state index in [4.69, 9.17) is 0 Å². The van der Waals surface area contributed by atoms with E-state index in [0.717, 1.165) is 25.8 Å². The summed E-state index contributed by atoms with van der Waals surface area (Å²) in [5.41, 5.74) is 0. The van der Waals surface area contributed by atoms with Crippen molar-refractivity contribution in [3.05, 3.63) is 12.2 Å². The van der Waals surface area contributed by atoms with Crippen LogP contribution in [0, 0.1) is 5.92 Å². The van der Waals surface area contributed by atoms with Gasteiger partial charge in [-0.15, -0.1) is 0 Å². The molecule has 2 atom stereocenters. The predicted octanol–water partition coefficient (Wildman–Crippen LogP) is 2.74. The number of piperidine rings is 1. The number of hydrogen-bond acceptors (Lipinski definition) is 1. The van der Waals surface area contributed by atoms with Gasteiger partial charge < -0.3 is 4.90 Å². The van der Waals surface area contributed by atoms with Crippen molar-refractivity contribution in [3.63, 3.8) is 0 Å². The molecule has 2 rings (SSSR count). The highest BCUT2D eigenvalue weighted by atomic mass is 16.2. The molecule has 0 unspecified atom stereocenters. The minimum Gasteiger partial charge on any atom is -0.340 e. The van der Waals surface area contributed by atoms with Crippen LogP contribution in [0.15, 0.2) is 12.2 Å². The first-order valence-corrected chi connectivity index (χ1v) is 6.24. The van der Waals surface area contributed by atoms with Crippen LogP contribution in [0.4, 0.5) is 0 Å². The SMILES string of the molecule is C[C@H]1CCCCN1C(=O)[C@@H]1CC=CCC1. The molecule has 84 valence electrons. The van der Waals surface area contributed by atoms with Crippen molar-refractivity contribution >= 4 is 5.91 Å². The van der Waals surface area contributed by atoms with E-state index in [2.05, 4.69) is 24.0 Å². The Hall–Kier alpha value is -0.790. The Labute approximate surface area is 92.3 Å². The zero-order valence-electron chi connectivity index (χ0n) is 9.61. The maximum absolute atomic E-state index is 12.3. The van der Waals surface area contributed by atoms with Gasteiger partial charge in [-0.25, -0.2) is 0 Å². The molecule has 0 saturated carbocycles. The molecule has 0 radical (unpaired) electrons. The largest absolute Gasteiger partial charge is 0.340 e. The first kappa shape index (κ1) is 10.7. The summed E-state index contributed by atoms with van der Waals surface area (Å²) >= 11 is 0. The highest BCUT2D eigenvalue weighted by molar-refractivity contribution is 5.79. The molecule has 1 saturated heterocycles. The van der Waals surface area contributed by atoms with Crippen LogP contribution in [-0.4, -0.2) is 23.4 Å². The lowest BCUT2D eigenvalue weighted by atomic mass is 9.91. The Bertz CT molecular complexity index is 259. The molecule has 0 bridgehead atoms. The van der Waals surface area contributed by atoms with Gasteiger partial charge in [0.25, 0.3) is 0 Å². The Morgan fingerprint density at radius 1 is 1.27 bits per heavy atom. The molecule has 0 aromatic carbocycles. The summed E-state index contributed by atoms with van der Waals surface area (Å²) in [6, 6.07) is 0.470. The van der Waals surface area contributed by atoms with Gasteiger partial charge >= 0.3 is 0 Å². The van der Waals surface area contributed by atoms with Crippen LogP contribution in [0.1, 0.15) is 45.4 Å². The van der Waals surface area contributed by atoms with Gasteiger partial charge in [-0.05, 0) is 45.4 Å². The standard InChI is InChI=1S/C13H21NO/c1-11-7-5-6-10-14(11)13(15)12-8-3-2-4-9-12/h2-3,11-12H,4-10H2,1H3/t11-,12+/m0/s1. The summed E-state index contributed by atoms with van der Waals surface area (Å²) in [4.78, 5) is 14.4. The van der Waals surface area contributed by atoms with Crippen LogP contribution in [0.3, 0.4) is 0 Å². The second-order valence-corrected chi connectivity index (χ2v) is 4.86. The lowest BCUT2D eigenvalue weighted by molar-refractivity contribution is -0.139. The molecule has 0 aromatic rings. The summed E-state index contributed by atoms with van der Waals surface area (Å²) in [7, 11) is 0. The molecule has 1 aliphatic heterocycles. The van der Waals surface area contributed by atoms with Crippen LogP contribution < -0.4 is 0 Å². The van der Waals surface area contributed by atoms with E-state index in [-0.39, 0.29) is 5.92 Å². The number of allylic oxidation sites excluding steroid dienone is 2. The quantitative estimate of drug-likeness (QED) is 0.605. The summed E-state index contributed by atoms with van der Waals surface area (Å²) in [5.74, 6) is 0.683. The van der Waals surface area contributed by atoms with Crippen LogP contribution in [-0.2, 0) is 4.79 Å². The molecular weight excluding hydrogens is 186 g/mol. The first-order chi connectivity index (χ1) is 7.29. The van der Waals surface area contributed by atoms with Gasteiger partial charge in [-0.3, -0.25) is 4.79 Å². The third-order valence-corrected chi connectivity index (χ3v) is 3.70. The summed E-state index contributed by atoms with van der Waals surface area (Å²) in [6.45, 7) is 3.18. The third-order valence-electron chi connectivity index (χ3n) is 3.70. The zero-order chi connectivity index (χ0) is 10.7. The first-order valence-electron chi connectivity index (χ1n) is 6.24. The van der Waals surface area contributed by atoms with Crippen molar-refractivity contribution in [3.8, 4) is 0 Å². The Morgan fingerprint density at radius 2 is 2.13 bits per heavy atom. The minimum absolute atomic E-state index is 0.274. The smallest absolute Gasteiger partial charge is 0.226 e. The van der Waals surface area contributed by atoms with Crippen molar-refractivity contribution in [2.45, 2.75) is 51.5 Å². The fourth-order valence-electron chi connectivity index (χ4n) is 2.68. The average molecular weight is 207 g/mol.